The van der Waals surface area contributed by atoms with Crippen molar-refractivity contribution in [3.8, 4) is 5.75 Å². The second kappa shape index (κ2) is 10.5. The number of nitrogens with zero attached hydrogens (tertiary/aromatic N) is 2. The van der Waals surface area contributed by atoms with E-state index in [0.717, 1.165) is 24.1 Å². The Bertz CT molecular complexity index is 1450. The van der Waals surface area contributed by atoms with E-state index in [0.29, 0.717) is 55.7 Å². The zero-order valence-corrected chi connectivity index (χ0v) is 22.6. The van der Waals surface area contributed by atoms with Gasteiger partial charge in [-0.15, -0.1) is 0 Å². The molecule has 1 saturated heterocycles. The first-order chi connectivity index (χ1) is 19.3. The molecule has 0 aromatic heterocycles. The highest BCUT2D eigenvalue weighted by atomic mass is 32.2. The zero-order valence-electron chi connectivity index (χ0n) is 21.8. The van der Waals surface area contributed by atoms with Gasteiger partial charge in [-0.05, 0) is 81.0 Å². The lowest BCUT2D eigenvalue weighted by atomic mass is 9.94. The molecule has 4 N–H and O–H groups in total. The van der Waals surface area contributed by atoms with E-state index in [2.05, 4.69) is 20.7 Å². The van der Waals surface area contributed by atoms with Gasteiger partial charge in [0, 0.05) is 24.7 Å². The number of aliphatic imine (C=N–C) groups is 1. The van der Waals surface area contributed by atoms with E-state index in [1.54, 1.807) is 23.7 Å². The molecule has 2 aromatic carbocycles. The first-order valence-electron chi connectivity index (χ1n) is 13.4. The zero-order chi connectivity index (χ0) is 27.9. The SMILES string of the molecule is O=C1Nc2ccc(C3=NC(CCCOc4ccc(S(=O)(=O)C5(C(=O)NO)CCN(C6CC6)CC5)cc4)ON3)cc21. The summed E-state index contributed by atoms with van der Waals surface area (Å²) in [5.74, 6) is 0.0678. The predicted molar refractivity (Wildman–Crippen MR) is 144 cm³/mol. The minimum atomic E-state index is -4.06. The lowest BCUT2D eigenvalue weighted by molar-refractivity contribution is -0.133. The first kappa shape index (κ1) is 26.7. The lowest BCUT2D eigenvalue weighted by Crippen LogP contribution is -2.58. The van der Waals surface area contributed by atoms with Gasteiger partial charge in [0.1, 0.15) is 5.75 Å². The normalized spacial score (nSPS) is 21.9. The third-order valence-corrected chi connectivity index (χ3v) is 10.6. The van der Waals surface area contributed by atoms with Crippen LogP contribution in [0.3, 0.4) is 0 Å². The predicted octanol–water partition coefficient (Wildman–Crippen LogP) is 2.00. The van der Waals surface area contributed by atoms with Crippen molar-refractivity contribution in [2.45, 2.75) is 60.4 Å². The van der Waals surface area contributed by atoms with Crippen LogP contribution < -0.4 is 21.0 Å². The van der Waals surface area contributed by atoms with Crippen molar-refractivity contribution in [3.05, 3.63) is 53.6 Å². The molecule has 40 heavy (non-hydrogen) atoms. The topological polar surface area (TPSA) is 159 Å². The number of amidine groups is 1. The summed E-state index contributed by atoms with van der Waals surface area (Å²) < 4.78 is 31.3. The molecule has 0 spiro atoms. The van der Waals surface area contributed by atoms with Gasteiger partial charge >= 0.3 is 0 Å². The Kier molecular flexibility index (Phi) is 6.98. The molecule has 1 unspecified atom stereocenters. The van der Waals surface area contributed by atoms with Crippen LogP contribution in [0.5, 0.6) is 5.75 Å². The number of benzene rings is 2. The molecule has 2 amide bonds. The maximum atomic E-state index is 13.6. The van der Waals surface area contributed by atoms with E-state index in [1.165, 1.54) is 12.1 Å². The van der Waals surface area contributed by atoms with Gasteiger partial charge in [0.05, 0.1) is 22.8 Å². The molecule has 1 aliphatic carbocycles. The van der Waals surface area contributed by atoms with Crippen LogP contribution in [0, 0.1) is 0 Å². The second-order valence-corrected chi connectivity index (χ2v) is 12.8. The molecule has 2 aromatic rings. The number of ether oxygens (including phenoxy) is 1. The van der Waals surface area contributed by atoms with Crippen molar-refractivity contribution >= 4 is 33.2 Å². The second-order valence-electron chi connectivity index (χ2n) is 10.5. The Morgan fingerprint density at radius 3 is 2.60 bits per heavy atom. The van der Waals surface area contributed by atoms with Crippen LogP contribution in [0.1, 0.15) is 54.4 Å². The largest absolute Gasteiger partial charge is 0.494 e. The summed E-state index contributed by atoms with van der Waals surface area (Å²) in [6.07, 6.45) is 3.27. The van der Waals surface area contributed by atoms with Gasteiger partial charge in [-0.1, -0.05) is 0 Å². The summed E-state index contributed by atoms with van der Waals surface area (Å²) in [6, 6.07) is 12.0. The van der Waals surface area contributed by atoms with Crippen molar-refractivity contribution in [2.24, 2.45) is 4.99 Å². The molecular formula is C27H31N5O7S. The van der Waals surface area contributed by atoms with Crippen molar-refractivity contribution in [1.29, 1.82) is 0 Å². The van der Waals surface area contributed by atoms with Crippen LogP contribution in [0.25, 0.3) is 0 Å². The first-order valence-corrected chi connectivity index (χ1v) is 14.9. The number of likely N-dealkylation sites (tertiary alicyclic amines) is 1. The smallest absolute Gasteiger partial charge is 0.265 e. The van der Waals surface area contributed by atoms with Crippen LogP contribution in [-0.4, -0.2) is 72.9 Å². The number of hydrogen-bond donors (Lipinski definition) is 4. The van der Waals surface area contributed by atoms with E-state index >= 15 is 0 Å². The number of carbonyl (C=O) groups is 2. The van der Waals surface area contributed by atoms with E-state index < -0.39 is 26.7 Å². The fraction of sp³-hybridized carbons (Fsp3) is 0.444. The Labute approximate surface area is 231 Å². The molecule has 1 atom stereocenters. The van der Waals surface area contributed by atoms with Crippen molar-refractivity contribution in [1.82, 2.24) is 15.9 Å². The number of piperidine rings is 1. The molecule has 12 nitrogen and oxygen atoms in total. The third-order valence-electron chi connectivity index (χ3n) is 8.05. The molecule has 6 rings (SSSR count). The number of anilines is 1. The number of hydrogen-bond acceptors (Lipinski definition) is 10. The summed E-state index contributed by atoms with van der Waals surface area (Å²) in [6.45, 7) is 1.35. The molecule has 1 saturated carbocycles. The third kappa shape index (κ3) is 4.83. The summed E-state index contributed by atoms with van der Waals surface area (Å²) >= 11 is 0. The van der Waals surface area contributed by atoms with Crippen LogP contribution in [-0.2, 0) is 19.5 Å². The van der Waals surface area contributed by atoms with Crippen molar-refractivity contribution in [3.63, 3.8) is 0 Å². The number of amides is 2. The summed E-state index contributed by atoms with van der Waals surface area (Å²) in [5, 5.41) is 12.1. The van der Waals surface area contributed by atoms with E-state index in [9.17, 15) is 23.2 Å². The number of sulfone groups is 1. The molecule has 0 radical (unpaired) electrons. The number of hydroxylamine groups is 2. The average molecular weight is 570 g/mol. The van der Waals surface area contributed by atoms with Gasteiger partial charge in [0.25, 0.3) is 11.8 Å². The van der Waals surface area contributed by atoms with Crippen molar-refractivity contribution < 1.29 is 32.8 Å². The number of carbonyl (C=O) groups excluding carboxylic acids is 2. The molecule has 2 fully saturated rings. The summed E-state index contributed by atoms with van der Waals surface area (Å²) in [4.78, 5) is 36.6. The maximum Gasteiger partial charge on any atom is 0.265 e. The molecule has 4 aliphatic rings. The van der Waals surface area contributed by atoms with Crippen LogP contribution in [0.2, 0.25) is 0 Å². The van der Waals surface area contributed by atoms with Crippen LogP contribution in [0.15, 0.2) is 52.4 Å². The Balaban J connectivity index is 1.03. The molecule has 212 valence electrons. The van der Waals surface area contributed by atoms with Gasteiger partial charge in [0.2, 0.25) is 0 Å². The molecular weight excluding hydrogens is 538 g/mol. The maximum absolute atomic E-state index is 13.6. The Morgan fingerprint density at radius 2 is 1.93 bits per heavy atom. The van der Waals surface area contributed by atoms with Gasteiger partial charge in [0.15, 0.2) is 26.6 Å². The van der Waals surface area contributed by atoms with E-state index in [1.807, 2.05) is 12.1 Å². The van der Waals surface area contributed by atoms with E-state index in [-0.39, 0.29) is 23.6 Å². The molecule has 3 heterocycles. The van der Waals surface area contributed by atoms with Crippen molar-refractivity contribution in [2.75, 3.05) is 25.0 Å². The lowest BCUT2D eigenvalue weighted by Gasteiger charge is -2.39. The van der Waals surface area contributed by atoms with Gasteiger partial charge < -0.3 is 15.0 Å². The fourth-order valence-electron chi connectivity index (χ4n) is 5.49. The van der Waals surface area contributed by atoms with Crippen LogP contribution in [0.4, 0.5) is 5.69 Å². The molecule has 0 bridgehead atoms. The fourth-order valence-corrected chi connectivity index (χ4v) is 7.45. The number of rotatable bonds is 10. The van der Waals surface area contributed by atoms with Gasteiger partial charge in [-0.2, -0.15) is 0 Å². The van der Waals surface area contributed by atoms with E-state index in [4.69, 9.17) is 9.57 Å². The summed E-state index contributed by atoms with van der Waals surface area (Å²) in [7, 11) is -4.06. The van der Waals surface area contributed by atoms with Gasteiger partial charge in [-0.3, -0.25) is 14.8 Å². The summed E-state index contributed by atoms with van der Waals surface area (Å²) in [5.41, 5.74) is 6.62. The molecule has 3 aliphatic heterocycles. The Hall–Kier alpha value is -3.52. The number of nitrogens with one attached hydrogen (secondary N) is 3. The molecule has 13 heteroatoms. The van der Waals surface area contributed by atoms with Crippen LogP contribution >= 0.6 is 0 Å². The monoisotopic (exact) mass is 569 g/mol. The quantitative estimate of drug-likeness (QED) is 0.191. The highest BCUT2D eigenvalue weighted by molar-refractivity contribution is 7.93. The minimum absolute atomic E-state index is 0.0175. The number of fused-ring (bicyclic) bond motifs is 1. The minimum Gasteiger partial charge on any atom is -0.494 e. The highest BCUT2D eigenvalue weighted by Crippen LogP contribution is 2.39. The Morgan fingerprint density at radius 1 is 1.18 bits per heavy atom. The van der Waals surface area contributed by atoms with Gasteiger partial charge in [-0.25, -0.2) is 29.2 Å². The standard InChI is InChI=1S/C27H31N5O7S/c33-25-21-16-17(3-10-22(21)28-25)24-29-23(39-31-24)2-1-15-38-19-6-8-20(9-7-19)40(36,37)27(26(34)30-35)11-13-32(14-12-27)18-4-5-18/h3,6-10,16,18,23,35H,1-2,4-5,11-15H2,(H,28,33)(H,29,31)(H,30,34). The average Bonchev–Trinajstić information content (AvgIpc) is 3.72. The highest BCUT2D eigenvalue weighted by Gasteiger charge is 2.54.